The van der Waals surface area contributed by atoms with Gasteiger partial charge in [0.1, 0.15) is 19.3 Å². The summed E-state index contributed by atoms with van der Waals surface area (Å²) in [7, 11) is -9.92. The van der Waals surface area contributed by atoms with Crippen molar-refractivity contribution >= 4 is 39.5 Å². The summed E-state index contributed by atoms with van der Waals surface area (Å²) >= 11 is 0. The van der Waals surface area contributed by atoms with Gasteiger partial charge in [0, 0.05) is 25.7 Å². The lowest BCUT2D eigenvalue weighted by Crippen LogP contribution is -2.30. The first-order chi connectivity index (χ1) is 46.6. The summed E-state index contributed by atoms with van der Waals surface area (Å²) in [5.41, 5.74) is 0. The third kappa shape index (κ3) is 70.9. The molecule has 0 spiro atoms. The Hall–Kier alpha value is -1.94. The van der Waals surface area contributed by atoms with Gasteiger partial charge in [-0.3, -0.25) is 37.3 Å². The second-order valence-electron chi connectivity index (χ2n) is 29.8. The highest BCUT2D eigenvalue weighted by Crippen LogP contribution is 2.45. The summed E-state index contributed by atoms with van der Waals surface area (Å²) in [4.78, 5) is 72.8. The van der Waals surface area contributed by atoms with Crippen LogP contribution in [0.1, 0.15) is 396 Å². The van der Waals surface area contributed by atoms with Crippen LogP contribution in [-0.4, -0.2) is 96.7 Å². The number of hydrogen-bond donors (Lipinski definition) is 3. The lowest BCUT2D eigenvalue weighted by Gasteiger charge is -2.21. The zero-order valence-electron chi connectivity index (χ0n) is 63.7. The molecule has 0 saturated heterocycles. The molecule has 0 aliphatic carbocycles. The number of aliphatic hydroxyl groups excluding tert-OH is 1. The Kier molecular flexibility index (Phi) is 65.9. The quantitative estimate of drug-likeness (QED) is 0.0222. The lowest BCUT2D eigenvalue weighted by atomic mass is 10.00. The Balaban J connectivity index is 5.19. The number of phosphoric acid groups is 2. The second-order valence-corrected chi connectivity index (χ2v) is 32.7. The highest BCUT2D eigenvalue weighted by Gasteiger charge is 2.30. The number of esters is 4. The van der Waals surface area contributed by atoms with E-state index in [4.69, 9.17) is 37.0 Å². The summed E-state index contributed by atoms with van der Waals surface area (Å²) in [6.07, 6.45) is 52.9. The molecule has 0 rings (SSSR count). The fraction of sp³-hybridized carbons (Fsp3) is 0.949. The third-order valence-electron chi connectivity index (χ3n) is 18.4. The summed E-state index contributed by atoms with van der Waals surface area (Å²) < 4.78 is 68.6. The van der Waals surface area contributed by atoms with Crippen LogP contribution < -0.4 is 0 Å². The first-order valence-electron chi connectivity index (χ1n) is 40.2. The highest BCUT2D eigenvalue weighted by atomic mass is 31.2. The molecule has 0 aliphatic heterocycles. The minimum atomic E-state index is -4.96. The van der Waals surface area contributed by atoms with E-state index in [1.54, 1.807) is 0 Å². The molecule has 0 aliphatic rings. The fourth-order valence-corrected chi connectivity index (χ4v) is 13.5. The second kappa shape index (κ2) is 67.2. The average molecular weight is 1420 g/mol. The van der Waals surface area contributed by atoms with Crippen LogP contribution in [0.5, 0.6) is 0 Å². The van der Waals surface area contributed by atoms with Gasteiger partial charge in [0.2, 0.25) is 0 Å². The van der Waals surface area contributed by atoms with E-state index >= 15 is 0 Å². The van der Waals surface area contributed by atoms with E-state index in [1.807, 2.05) is 0 Å². The van der Waals surface area contributed by atoms with Crippen molar-refractivity contribution in [2.45, 2.75) is 414 Å². The molecular formula is C78H152O17P2. The van der Waals surface area contributed by atoms with Crippen molar-refractivity contribution in [2.75, 3.05) is 39.6 Å². The molecule has 6 atom stereocenters. The summed E-state index contributed by atoms with van der Waals surface area (Å²) in [5.74, 6) is 0.934. The zero-order chi connectivity index (χ0) is 71.7. The summed E-state index contributed by atoms with van der Waals surface area (Å²) in [6, 6.07) is 0. The van der Waals surface area contributed by atoms with Crippen LogP contribution in [0.4, 0.5) is 0 Å². The van der Waals surface area contributed by atoms with Crippen LogP contribution in [0.2, 0.25) is 0 Å². The first kappa shape index (κ1) is 95.1. The zero-order valence-corrected chi connectivity index (χ0v) is 65.5. The first-order valence-corrected chi connectivity index (χ1v) is 43.2. The Morgan fingerprint density at radius 1 is 0.289 bits per heavy atom. The maximum Gasteiger partial charge on any atom is 0.472 e. The molecule has 97 heavy (non-hydrogen) atoms. The number of unbranched alkanes of at least 4 members (excludes halogenated alkanes) is 40. The van der Waals surface area contributed by atoms with E-state index in [0.29, 0.717) is 25.7 Å². The predicted molar refractivity (Wildman–Crippen MR) is 395 cm³/mol. The van der Waals surface area contributed by atoms with Crippen LogP contribution in [0.25, 0.3) is 0 Å². The van der Waals surface area contributed by atoms with Crippen LogP contribution in [0, 0.1) is 23.7 Å². The van der Waals surface area contributed by atoms with Gasteiger partial charge >= 0.3 is 39.5 Å². The molecule has 0 saturated carbocycles. The van der Waals surface area contributed by atoms with Gasteiger partial charge < -0.3 is 33.8 Å². The van der Waals surface area contributed by atoms with Gasteiger partial charge in [-0.25, -0.2) is 9.13 Å². The van der Waals surface area contributed by atoms with E-state index in [1.165, 1.54) is 193 Å². The SMILES string of the molecule is CCC(C)CCCCCCCCC(=O)OC[C@H](COP(=O)(O)OC[C@H](O)COP(=O)(O)OC[C@@H](COC(=O)CCCCCCCCCCC(C)C)OC(=O)CCCCCCCCCCCCCCC(C)C)OC(=O)CCCCCCCCCCCCCCCCCCCCC(C)C. The van der Waals surface area contributed by atoms with Crippen molar-refractivity contribution in [3.05, 3.63) is 0 Å². The maximum absolute atomic E-state index is 13.1. The van der Waals surface area contributed by atoms with Crippen LogP contribution in [0.15, 0.2) is 0 Å². The molecule has 0 fully saturated rings. The molecule has 0 heterocycles. The van der Waals surface area contributed by atoms with Crippen molar-refractivity contribution in [3.8, 4) is 0 Å². The van der Waals surface area contributed by atoms with Crippen LogP contribution >= 0.6 is 15.6 Å². The van der Waals surface area contributed by atoms with E-state index in [9.17, 15) is 43.2 Å². The molecule has 0 bridgehead atoms. The number of carbonyl (C=O) groups excluding carboxylic acids is 4. The maximum atomic E-state index is 13.1. The van der Waals surface area contributed by atoms with Gasteiger partial charge in [0.05, 0.1) is 26.4 Å². The smallest absolute Gasteiger partial charge is 0.462 e. The molecule has 17 nitrogen and oxygen atoms in total. The van der Waals surface area contributed by atoms with Crippen molar-refractivity contribution in [2.24, 2.45) is 23.7 Å². The van der Waals surface area contributed by atoms with Gasteiger partial charge in [0.25, 0.3) is 0 Å². The molecule has 19 heteroatoms. The normalized spacial score (nSPS) is 14.4. The average Bonchev–Trinajstić information content (AvgIpc) is 1.29. The molecule has 0 aromatic rings. The van der Waals surface area contributed by atoms with Crippen molar-refractivity contribution in [3.63, 3.8) is 0 Å². The number of ether oxygens (including phenoxy) is 4. The standard InChI is InChI=1S/C78H152O17P2/c1-9-71(8)57-49-41-36-37-43-51-59-76(81)89-65-74(95-78(83)60-52-44-34-26-22-17-15-13-11-10-12-14-16-20-24-30-38-46-54-68(2)3)67-93-97(86,87)91-63-72(79)62-90-96(84,85)92-66-73(64-88-75(80)58-50-42-33-29-28-32-40-48-56-70(6)7)94-77(82)61-53-45-35-27-23-19-18-21-25-31-39-47-55-69(4)5/h68-74,79H,9-67H2,1-8H3,(H,84,85)(H,86,87)/t71?,72-,73-,74-/m1/s1. The number of aliphatic hydroxyl groups is 1. The minimum Gasteiger partial charge on any atom is -0.462 e. The van der Waals surface area contributed by atoms with E-state index in [0.717, 1.165) is 120 Å². The number of carbonyl (C=O) groups is 4. The molecule has 576 valence electrons. The molecule has 0 aromatic heterocycles. The van der Waals surface area contributed by atoms with E-state index in [2.05, 4.69) is 55.4 Å². The summed E-state index contributed by atoms with van der Waals surface area (Å²) in [5, 5.41) is 10.6. The molecule has 3 N–H and O–H groups in total. The van der Waals surface area contributed by atoms with Gasteiger partial charge in [-0.15, -0.1) is 0 Å². The van der Waals surface area contributed by atoms with E-state index < -0.39 is 97.5 Å². The van der Waals surface area contributed by atoms with E-state index in [-0.39, 0.29) is 25.7 Å². The van der Waals surface area contributed by atoms with Crippen molar-refractivity contribution in [1.29, 1.82) is 0 Å². The Morgan fingerprint density at radius 3 is 0.732 bits per heavy atom. The van der Waals surface area contributed by atoms with Gasteiger partial charge in [-0.1, -0.05) is 344 Å². The van der Waals surface area contributed by atoms with Crippen molar-refractivity contribution in [1.82, 2.24) is 0 Å². The van der Waals surface area contributed by atoms with Crippen molar-refractivity contribution < 1.29 is 80.2 Å². The molecule has 3 unspecified atom stereocenters. The van der Waals surface area contributed by atoms with Crippen LogP contribution in [-0.2, 0) is 65.4 Å². The van der Waals surface area contributed by atoms with Gasteiger partial charge in [0.15, 0.2) is 12.2 Å². The van der Waals surface area contributed by atoms with Crippen LogP contribution in [0.3, 0.4) is 0 Å². The Morgan fingerprint density at radius 2 is 0.495 bits per heavy atom. The van der Waals surface area contributed by atoms with Gasteiger partial charge in [-0.2, -0.15) is 0 Å². The molecular weight excluding hydrogens is 1270 g/mol. The number of rotatable bonds is 75. The topological polar surface area (TPSA) is 237 Å². The monoisotopic (exact) mass is 1420 g/mol. The third-order valence-corrected chi connectivity index (χ3v) is 20.3. The number of hydrogen-bond acceptors (Lipinski definition) is 15. The predicted octanol–water partition coefficient (Wildman–Crippen LogP) is 22.8. The Labute approximate surface area is 594 Å². The highest BCUT2D eigenvalue weighted by molar-refractivity contribution is 7.47. The molecule has 0 aromatic carbocycles. The number of phosphoric ester groups is 2. The Bertz CT molecular complexity index is 1900. The largest absolute Gasteiger partial charge is 0.472 e. The fourth-order valence-electron chi connectivity index (χ4n) is 11.9. The summed E-state index contributed by atoms with van der Waals surface area (Å²) in [6.45, 7) is 14.2. The molecule has 0 radical (unpaired) electrons. The molecule has 0 amide bonds. The van der Waals surface area contributed by atoms with Gasteiger partial charge in [-0.05, 0) is 49.4 Å². The minimum absolute atomic E-state index is 0.106. The lowest BCUT2D eigenvalue weighted by molar-refractivity contribution is -0.161.